The Kier molecular flexibility index (Phi) is 5.39. The number of nitrogens with zero attached hydrogens (tertiary/aromatic N) is 1. The maximum atomic E-state index is 12.4. The number of aryl methyl sites for hydroxylation is 1. The molecule has 1 aromatic heterocycles. The summed E-state index contributed by atoms with van der Waals surface area (Å²) in [5.74, 6) is -0.723. The number of hydrogen-bond acceptors (Lipinski definition) is 7. The summed E-state index contributed by atoms with van der Waals surface area (Å²) in [6, 6.07) is 10.7. The van der Waals surface area contributed by atoms with Gasteiger partial charge >= 0.3 is 11.6 Å². The van der Waals surface area contributed by atoms with Crippen LogP contribution in [0.4, 0.5) is 11.4 Å². The molecule has 0 saturated carbocycles. The first kappa shape index (κ1) is 19.1. The van der Waals surface area contributed by atoms with Crippen molar-refractivity contribution in [3.05, 3.63) is 79.7 Å². The van der Waals surface area contributed by atoms with Gasteiger partial charge in [0, 0.05) is 29.6 Å². The summed E-state index contributed by atoms with van der Waals surface area (Å²) in [7, 11) is 0. The molecule has 2 aromatic carbocycles. The number of hydrogen-bond donors (Lipinski definition) is 1. The molecule has 0 aliphatic heterocycles. The number of benzene rings is 2. The van der Waals surface area contributed by atoms with Crippen molar-refractivity contribution in [2.75, 3.05) is 11.9 Å². The van der Waals surface area contributed by atoms with Crippen LogP contribution < -0.4 is 10.9 Å². The van der Waals surface area contributed by atoms with Crippen LogP contribution in [0.1, 0.15) is 28.4 Å². The third-order valence-corrected chi connectivity index (χ3v) is 4.14. The van der Waals surface area contributed by atoms with Crippen LogP contribution in [0.15, 0.2) is 51.7 Å². The third-order valence-electron chi connectivity index (χ3n) is 4.14. The van der Waals surface area contributed by atoms with Crippen LogP contribution >= 0.6 is 0 Å². The highest BCUT2D eigenvalue weighted by molar-refractivity contribution is 5.91. The normalized spacial score (nSPS) is 10.6. The summed E-state index contributed by atoms with van der Waals surface area (Å²) < 4.78 is 10.5. The van der Waals surface area contributed by atoms with Crippen molar-refractivity contribution in [3.8, 4) is 0 Å². The molecule has 0 amide bonds. The van der Waals surface area contributed by atoms with E-state index >= 15 is 0 Å². The number of nitrogens with one attached hydrogen (secondary N) is 1. The van der Waals surface area contributed by atoms with Crippen molar-refractivity contribution in [2.45, 2.75) is 20.5 Å². The van der Waals surface area contributed by atoms with Crippen molar-refractivity contribution < 1.29 is 18.9 Å². The van der Waals surface area contributed by atoms with Gasteiger partial charge in [-0.05, 0) is 37.6 Å². The molecule has 144 valence electrons. The maximum absolute atomic E-state index is 12.4. The molecule has 0 saturated heterocycles. The SMILES string of the molecule is CCNc1ccc(C(=O)OCc2cc(=O)oc3cc(C)ccc23)cc1[N+](=O)[O-]. The summed E-state index contributed by atoms with van der Waals surface area (Å²) in [4.78, 5) is 34.8. The molecule has 0 aliphatic carbocycles. The first-order valence-corrected chi connectivity index (χ1v) is 8.62. The molecular formula is C20H18N2O6. The zero-order chi connectivity index (χ0) is 20.3. The minimum atomic E-state index is -0.723. The third kappa shape index (κ3) is 4.01. The fourth-order valence-electron chi connectivity index (χ4n) is 2.83. The van der Waals surface area contributed by atoms with Gasteiger partial charge in [-0.15, -0.1) is 0 Å². The van der Waals surface area contributed by atoms with Crippen LogP contribution in [0.3, 0.4) is 0 Å². The highest BCUT2D eigenvalue weighted by Gasteiger charge is 2.18. The van der Waals surface area contributed by atoms with Crippen molar-refractivity contribution in [1.82, 2.24) is 0 Å². The van der Waals surface area contributed by atoms with Gasteiger partial charge in [-0.1, -0.05) is 12.1 Å². The molecule has 0 bridgehead atoms. The van der Waals surface area contributed by atoms with Gasteiger partial charge in [-0.3, -0.25) is 10.1 Å². The number of rotatable bonds is 6. The van der Waals surface area contributed by atoms with Crippen molar-refractivity contribution >= 4 is 28.3 Å². The van der Waals surface area contributed by atoms with Crippen LogP contribution in [-0.2, 0) is 11.3 Å². The summed E-state index contributed by atoms with van der Waals surface area (Å²) in [5, 5.41) is 14.8. The second-order valence-corrected chi connectivity index (χ2v) is 6.19. The van der Waals surface area contributed by atoms with E-state index in [0.29, 0.717) is 28.8 Å². The Balaban J connectivity index is 1.85. The lowest BCUT2D eigenvalue weighted by Gasteiger charge is -2.09. The van der Waals surface area contributed by atoms with Crippen LogP contribution in [0.5, 0.6) is 0 Å². The van der Waals surface area contributed by atoms with Crippen molar-refractivity contribution in [2.24, 2.45) is 0 Å². The standard InChI is InChI=1S/C20H18N2O6/c1-3-21-16-7-5-13(9-17(16)22(25)26)20(24)27-11-14-10-19(23)28-18-8-12(2)4-6-15(14)18/h4-10,21H,3,11H2,1-2H3. The molecule has 3 rings (SSSR count). The van der Waals surface area contributed by atoms with E-state index in [0.717, 1.165) is 5.56 Å². The summed E-state index contributed by atoms with van der Waals surface area (Å²) in [6.45, 7) is 4.03. The number of nitro benzene ring substituents is 1. The largest absolute Gasteiger partial charge is 0.457 e. The molecule has 0 radical (unpaired) electrons. The van der Waals surface area contributed by atoms with E-state index < -0.39 is 16.5 Å². The van der Waals surface area contributed by atoms with E-state index in [1.54, 1.807) is 12.1 Å². The Bertz CT molecular complexity index is 1120. The van der Waals surface area contributed by atoms with Crippen molar-refractivity contribution in [3.63, 3.8) is 0 Å². The molecule has 3 aromatic rings. The molecule has 0 fully saturated rings. The van der Waals surface area contributed by atoms with Crippen LogP contribution in [0.2, 0.25) is 0 Å². The summed E-state index contributed by atoms with van der Waals surface area (Å²) in [5.41, 5.74) is 1.45. The van der Waals surface area contributed by atoms with Crippen LogP contribution in [0.25, 0.3) is 11.0 Å². The number of esters is 1. The van der Waals surface area contributed by atoms with Gasteiger partial charge in [0.15, 0.2) is 0 Å². The number of anilines is 1. The lowest BCUT2D eigenvalue weighted by Crippen LogP contribution is -2.09. The number of fused-ring (bicyclic) bond motifs is 1. The predicted molar refractivity (Wildman–Crippen MR) is 104 cm³/mol. The molecule has 8 heteroatoms. The average Bonchev–Trinajstić information content (AvgIpc) is 2.65. The Morgan fingerprint density at radius 2 is 2.00 bits per heavy atom. The highest BCUT2D eigenvalue weighted by atomic mass is 16.6. The molecule has 0 atom stereocenters. The van der Waals surface area contributed by atoms with Gasteiger partial charge in [0.05, 0.1) is 10.5 Å². The van der Waals surface area contributed by atoms with Gasteiger partial charge in [-0.2, -0.15) is 0 Å². The minimum Gasteiger partial charge on any atom is -0.457 e. The topological polar surface area (TPSA) is 112 Å². The van der Waals surface area contributed by atoms with E-state index in [-0.39, 0.29) is 17.9 Å². The van der Waals surface area contributed by atoms with E-state index in [1.807, 2.05) is 19.9 Å². The van der Waals surface area contributed by atoms with E-state index in [4.69, 9.17) is 9.15 Å². The lowest BCUT2D eigenvalue weighted by molar-refractivity contribution is -0.384. The van der Waals surface area contributed by atoms with Crippen molar-refractivity contribution in [1.29, 1.82) is 0 Å². The molecule has 0 aliphatic rings. The number of carbonyl (C=O) groups excluding carboxylic acids is 1. The van der Waals surface area contributed by atoms with Gasteiger partial charge in [0.1, 0.15) is 17.9 Å². The first-order chi connectivity index (χ1) is 13.4. The Morgan fingerprint density at radius 3 is 2.71 bits per heavy atom. The first-order valence-electron chi connectivity index (χ1n) is 8.62. The van der Waals surface area contributed by atoms with Gasteiger partial charge in [-0.25, -0.2) is 9.59 Å². The molecule has 8 nitrogen and oxygen atoms in total. The van der Waals surface area contributed by atoms with Gasteiger partial charge < -0.3 is 14.5 Å². The summed E-state index contributed by atoms with van der Waals surface area (Å²) >= 11 is 0. The van der Waals surface area contributed by atoms with E-state index in [2.05, 4.69) is 5.32 Å². The second-order valence-electron chi connectivity index (χ2n) is 6.19. The smallest absolute Gasteiger partial charge is 0.338 e. The fraction of sp³-hybridized carbons (Fsp3) is 0.200. The molecular weight excluding hydrogens is 364 g/mol. The lowest BCUT2D eigenvalue weighted by atomic mass is 10.1. The van der Waals surface area contributed by atoms with Gasteiger partial charge in [0.25, 0.3) is 5.69 Å². The molecule has 0 spiro atoms. The predicted octanol–water partition coefficient (Wildman–Crippen LogP) is 3.80. The monoisotopic (exact) mass is 382 g/mol. The quantitative estimate of drug-likeness (QED) is 0.299. The fourth-order valence-corrected chi connectivity index (χ4v) is 2.83. The van der Waals surface area contributed by atoms with Gasteiger partial charge in [0.2, 0.25) is 0 Å². The zero-order valence-electron chi connectivity index (χ0n) is 15.4. The number of carbonyl (C=O) groups is 1. The number of nitro groups is 1. The highest BCUT2D eigenvalue weighted by Crippen LogP contribution is 2.26. The Morgan fingerprint density at radius 1 is 1.21 bits per heavy atom. The minimum absolute atomic E-state index is 0.0523. The average molecular weight is 382 g/mol. The van der Waals surface area contributed by atoms with E-state index in [9.17, 15) is 19.7 Å². The maximum Gasteiger partial charge on any atom is 0.338 e. The van der Waals surface area contributed by atoms with E-state index in [1.165, 1.54) is 24.3 Å². The summed E-state index contributed by atoms with van der Waals surface area (Å²) in [6.07, 6.45) is 0. The zero-order valence-corrected chi connectivity index (χ0v) is 15.4. The molecule has 28 heavy (non-hydrogen) atoms. The Hall–Kier alpha value is -3.68. The molecule has 1 N–H and O–H groups in total. The van der Waals surface area contributed by atoms with Crippen LogP contribution in [-0.4, -0.2) is 17.4 Å². The number of ether oxygens (including phenoxy) is 1. The second kappa shape index (κ2) is 7.91. The molecule has 1 heterocycles. The Labute approximate surface area is 159 Å². The molecule has 0 unspecified atom stereocenters. The van der Waals surface area contributed by atoms with Crippen LogP contribution in [0, 0.1) is 17.0 Å².